The zero-order valence-corrected chi connectivity index (χ0v) is 12.7. The number of hydrogen-bond acceptors (Lipinski definition) is 6. The van der Waals surface area contributed by atoms with Crippen molar-refractivity contribution in [1.29, 1.82) is 5.26 Å². The zero-order chi connectivity index (χ0) is 16.1. The highest BCUT2D eigenvalue weighted by molar-refractivity contribution is 7.14. The summed E-state index contributed by atoms with van der Waals surface area (Å²) in [6.07, 6.45) is 3.36. The fourth-order valence-electron chi connectivity index (χ4n) is 1.86. The molecule has 0 unspecified atom stereocenters. The van der Waals surface area contributed by atoms with Gasteiger partial charge in [-0.05, 0) is 30.3 Å². The molecule has 23 heavy (non-hydrogen) atoms. The molecular weight excluding hydrogens is 310 g/mol. The number of benzene rings is 1. The molecule has 3 aromatic rings. The summed E-state index contributed by atoms with van der Waals surface area (Å²) in [7, 11) is 0. The number of nitriles is 1. The smallest absolute Gasteiger partial charge is 0.275 e. The molecule has 7 heteroatoms. The number of hydrogen-bond donors (Lipinski definition) is 2. The highest BCUT2D eigenvalue weighted by Crippen LogP contribution is 2.21. The van der Waals surface area contributed by atoms with Crippen LogP contribution < -0.4 is 10.6 Å². The summed E-state index contributed by atoms with van der Waals surface area (Å²) in [5.74, 6) is -0.324. The van der Waals surface area contributed by atoms with Crippen LogP contribution in [0.1, 0.15) is 16.1 Å². The average Bonchev–Trinajstić information content (AvgIpc) is 3.04. The Morgan fingerprint density at radius 3 is 2.87 bits per heavy atom. The monoisotopic (exact) mass is 321 g/mol. The van der Waals surface area contributed by atoms with E-state index in [0.717, 1.165) is 5.69 Å². The summed E-state index contributed by atoms with van der Waals surface area (Å²) in [6, 6.07) is 12.4. The van der Waals surface area contributed by atoms with E-state index in [1.54, 1.807) is 42.0 Å². The number of rotatable bonds is 4. The fraction of sp³-hybridized carbons (Fsp3) is 0. The minimum absolute atomic E-state index is 0.309. The van der Waals surface area contributed by atoms with Crippen LogP contribution in [0.2, 0.25) is 0 Å². The first-order valence-electron chi connectivity index (χ1n) is 6.69. The molecule has 0 fully saturated rings. The summed E-state index contributed by atoms with van der Waals surface area (Å²) < 4.78 is 0. The molecule has 0 saturated heterocycles. The van der Waals surface area contributed by atoms with Gasteiger partial charge < -0.3 is 10.6 Å². The summed E-state index contributed by atoms with van der Waals surface area (Å²) in [4.78, 5) is 20.4. The van der Waals surface area contributed by atoms with Crippen LogP contribution in [0, 0.1) is 11.3 Å². The summed E-state index contributed by atoms with van der Waals surface area (Å²) >= 11 is 1.33. The summed E-state index contributed by atoms with van der Waals surface area (Å²) in [5.41, 5.74) is 2.16. The Bertz CT molecular complexity index is 869. The van der Waals surface area contributed by atoms with E-state index in [1.165, 1.54) is 11.3 Å². The Balaban J connectivity index is 1.70. The second kappa shape index (κ2) is 6.68. The second-order valence-corrected chi connectivity index (χ2v) is 5.41. The number of carbonyl (C=O) groups excluding carboxylic acids is 1. The zero-order valence-electron chi connectivity index (χ0n) is 11.9. The van der Waals surface area contributed by atoms with E-state index in [4.69, 9.17) is 5.26 Å². The van der Waals surface area contributed by atoms with E-state index in [1.807, 2.05) is 18.2 Å². The van der Waals surface area contributed by atoms with Crippen LogP contribution >= 0.6 is 11.3 Å². The van der Waals surface area contributed by atoms with Crippen molar-refractivity contribution in [2.75, 3.05) is 10.6 Å². The lowest BCUT2D eigenvalue weighted by molar-refractivity contribution is 0.102. The number of pyridine rings is 1. The topological polar surface area (TPSA) is 90.7 Å². The quantitative estimate of drug-likeness (QED) is 0.768. The molecule has 2 aromatic heterocycles. The Morgan fingerprint density at radius 2 is 2.09 bits per heavy atom. The third kappa shape index (κ3) is 3.70. The van der Waals surface area contributed by atoms with E-state index < -0.39 is 0 Å². The van der Waals surface area contributed by atoms with Crippen molar-refractivity contribution < 1.29 is 4.79 Å². The van der Waals surface area contributed by atoms with Gasteiger partial charge >= 0.3 is 0 Å². The summed E-state index contributed by atoms with van der Waals surface area (Å²) in [5, 5.41) is 17.0. The van der Waals surface area contributed by atoms with Crippen molar-refractivity contribution in [3.8, 4) is 6.07 Å². The average molecular weight is 321 g/mol. The SMILES string of the molecule is N#Cc1cccc(NC(=O)c2csc(Nc3cccnc3)n2)c1. The van der Waals surface area contributed by atoms with Crippen LogP contribution in [0.15, 0.2) is 54.2 Å². The highest BCUT2D eigenvalue weighted by atomic mass is 32.1. The Hall–Kier alpha value is -3.24. The van der Waals surface area contributed by atoms with Gasteiger partial charge in [0.05, 0.1) is 23.5 Å². The van der Waals surface area contributed by atoms with Crippen molar-refractivity contribution in [3.63, 3.8) is 0 Å². The van der Waals surface area contributed by atoms with Gasteiger partial charge in [-0.25, -0.2) is 4.98 Å². The number of amides is 1. The molecule has 0 spiro atoms. The maximum Gasteiger partial charge on any atom is 0.275 e. The van der Waals surface area contributed by atoms with E-state index in [2.05, 4.69) is 20.6 Å². The number of carbonyl (C=O) groups is 1. The molecule has 0 aliphatic rings. The van der Waals surface area contributed by atoms with Crippen LogP contribution in [-0.2, 0) is 0 Å². The van der Waals surface area contributed by atoms with Gasteiger partial charge in [-0.3, -0.25) is 9.78 Å². The Morgan fingerprint density at radius 1 is 1.22 bits per heavy atom. The fourth-order valence-corrected chi connectivity index (χ4v) is 2.57. The largest absolute Gasteiger partial charge is 0.330 e. The van der Waals surface area contributed by atoms with Gasteiger partial charge in [0, 0.05) is 17.3 Å². The molecule has 1 aromatic carbocycles. The van der Waals surface area contributed by atoms with Gasteiger partial charge in [-0.2, -0.15) is 5.26 Å². The van der Waals surface area contributed by atoms with Crippen LogP contribution in [0.4, 0.5) is 16.5 Å². The molecule has 112 valence electrons. The van der Waals surface area contributed by atoms with Gasteiger partial charge in [-0.15, -0.1) is 11.3 Å². The van der Waals surface area contributed by atoms with Crippen LogP contribution in [0.25, 0.3) is 0 Å². The number of thiazole rings is 1. The first-order chi connectivity index (χ1) is 11.2. The molecule has 0 aliphatic heterocycles. The van der Waals surface area contributed by atoms with Crippen LogP contribution in [-0.4, -0.2) is 15.9 Å². The number of nitrogens with one attached hydrogen (secondary N) is 2. The normalized spacial score (nSPS) is 9.87. The third-order valence-electron chi connectivity index (χ3n) is 2.90. The molecule has 0 radical (unpaired) electrons. The number of anilines is 3. The molecule has 3 rings (SSSR count). The molecule has 6 nitrogen and oxygen atoms in total. The molecule has 0 saturated carbocycles. The maximum atomic E-state index is 12.2. The van der Waals surface area contributed by atoms with E-state index >= 15 is 0 Å². The Kier molecular flexibility index (Phi) is 4.27. The third-order valence-corrected chi connectivity index (χ3v) is 3.66. The van der Waals surface area contributed by atoms with Gasteiger partial charge in [-0.1, -0.05) is 6.07 Å². The van der Waals surface area contributed by atoms with Crippen molar-refractivity contribution in [1.82, 2.24) is 9.97 Å². The molecule has 2 N–H and O–H groups in total. The van der Waals surface area contributed by atoms with Gasteiger partial charge in [0.2, 0.25) is 0 Å². The van der Waals surface area contributed by atoms with E-state index in [0.29, 0.717) is 22.1 Å². The van der Waals surface area contributed by atoms with Crippen molar-refractivity contribution in [2.45, 2.75) is 0 Å². The molecule has 1 amide bonds. The lowest BCUT2D eigenvalue weighted by atomic mass is 10.2. The standard InChI is InChI=1S/C16H11N5OS/c17-8-11-3-1-4-12(7-11)19-15(22)14-10-23-16(21-14)20-13-5-2-6-18-9-13/h1-7,9-10H,(H,19,22)(H,20,21). The van der Waals surface area contributed by atoms with Crippen LogP contribution in [0.5, 0.6) is 0 Å². The lowest BCUT2D eigenvalue weighted by Crippen LogP contribution is -2.12. The summed E-state index contributed by atoms with van der Waals surface area (Å²) in [6.45, 7) is 0. The van der Waals surface area contributed by atoms with Crippen molar-refractivity contribution in [2.24, 2.45) is 0 Å². The first kappa shape index (κ1) is 14.7. The Labute approximate surface area is 136 Å². The molecule has 2 heterocycles. The van der Waals surface area contributed by atoms with E-state index in [9.17, 15) is 4.79 Å². The van der Waals surface area contributed by atoms with Gasteiger partial charge in [0.1, 0.15) is 5.69 Å². The minimum atomic E-state index is -0.324. The molecule has 0 atom stereocenters. The van der Waals surface area contributed by atoms with Gasteiger partial charge in [0.15, 0.2) is 5.13 Å². The van der Waals surface area contributed by atoms with Gasteiger partial charge in [0.25, 0.3) is 5.91 Å². The first-order valence-corrected chi connectivity index (χ1v) is 7.56. The molecular formula is C16H11N5OS. The highest BCUT2D eigenvalue weighted by Gasteiger charge is 2.11. The maximum absolute atomic E-state index is 12.2. The molecule has 0 aliphatic carbocycles. The van der Waals surface area contributed by atoms with E-state index in [-0.39, 0.29) is 5.91 Å². The van der Waals surface area contributed by atoms with Crippen molar-refractivity contribution in [3.05, 3.63) is 65.4 Å². The molecule has 0 bridgehead atoms. The number of nitrogens with zero attached hydrogens (tertiary/aromatic N) is 3. The predicted octanol–water partition coefficient (Wildman–Crippen LogP) is 3.41. The lowest BCUT2D eigenvalue weighted by Gasteiger charge is -2.03. The minimum Gasteiger partial charge on any atom is -0.330 e. The predicted molar refractivity (Wildman–Crippen MR) is 88.7 cm³/mol. The second-order valence-electron chi connectivity index (χ2n) is 4.55. The van der Waals surface area contributed by atoms with Crippen LogP contribution in [0.3, 0.4) is 0 Å². The number of aromatic nitrogens is 2. The van der Waals surface area contributed by atoms with Crippen molar-refractivity contribution >= 4 is 33.8 Å².